The fourth-order valence-corrected chi connectivity index (χ4v) is 3.34. The normalized spacial score (nSPS) is 10.8. The Morgan fingerprint density at radius 3 is 1.27 bits per heavy atom. The number of Topliss-reactive ketones (excluding diaryl/α,β-unsaturated/α-hetero) is 1. The third-order valence-electron chi connectivity index (χ3n) is 5.12. The van der Waals surface area contributed by atoms with Crippen LogP contribution in [0, 0.1) is 0 Å². The average molecular weight is 369 g/mol. The van der Waals surface area contributed by atoms with Gasteiger partial charge in [0.05, 0.1) is 7.11 Å². The lowest BCUT2D eigenvalue weighted by Gasteiger charge is -2.03. The van der Waals surface area contributed by atoms with Gasteiger partial charge in [-0.1, -0.05) is 90.4 Å². The predicted molar refractivity (Wildman–Crippen MR) is 110 cm³/mol. The Labute approximate surface area is 162 Å². The molecule has 0 spiro atoms. The molecule has 0 aliphatic heterocycles. The highest BCUT2D eigenvalue weighted by Crippen LogP contribution is 2.13. The standard InChI is InChI=1S/C23H44O3/c1-3-4-5-6-7-8-9-10-13-16-19-22(24)20-17-14-11-12-15-18-21-23(25)26-2/h3-21H2,1-2H3. The molecule has 0 aromatic heterocycles. The first kappa shape index (κ1) is 25.1. The summed E-state index contributed by atoms with van der Waals surface area (Å²) in [5.41, 5.74) is 0. The summed E-state index contributed by atoms with van der Waals surface area (Å²) in [5.74, 6) is 0.345. The van der Waals surface area contributed by atoms with Crippen molar-refractivity contribution >= 4 is 11.8 Å². The highest BCUT2D eigenvalue weighted by Gasteiger charge is 2.03. The molecule has 3 heteroatoms. The molecule has 0 aliphatic rings. The van der Waals surface area contributed by atoms with E-state index in [0.29, 0.717) is 12.2 Å². The molecule has 0 bridgehead atoms. The van der Waals surface area contributed by atoms with Crippen LogP contribution in [0.2, 0.25) is 0 Å². The van der Waals surface area contributed by atoms with E-state index in [2.05, 4.69) is 11.7 Å². The summed E-state index contributed by atoms with van der Waals surface area (Å²) in [6.07, 6.45) is 21.8. The van der Waals surface area contributed by atoms with Crippen LogP contribution in [-0.4, -0.2) is 18.9 Å². The number of hydrogen-bond donors (Lipinski definition) is 0. The summed E-state index contributed by atoms with van der Waals surface area (Å²) < 4.78 is 4.62. The number of ether oxygens (including phenoxy) is 1. The summed E-state index contributed by atoms with van der Waals surface area (Å²) in [6.45, 7) is 2.26. The summed E-state index contributed by atoms with van der Waals surface area (Å²) in [5, 5.41) is 0. The van der Waals surface area contributed by atoms with Crippen LogP contribution in [0.1, 0.15) is 129 Å². The van der Waals surface area contributed by atoms with Crippen molar-refractivity contribution in [2.45, 2.75) is 129 Å². The minimum atomic E-state index is -0.109. The second-order valence-corrected chi connectivity index (χ2v) is 7.67. The number of rotatable bonds is 20. The van der Waals surface area contributed by atoms with Gasteiger partial charge in [0.15, 0.2) is 0 Å². The van der Waals surface area contributed by atoms with Gasteiger partial charge in [-0.3, -0.25) is 9.59 Å². The lowest BCUT2D eigenvalue weighted by molar-refractivity contribution is -0.140. The molecule has 0 fully saturated rings. The zero-order valence-corrected chi connectivity index (χ0v) is 17.7. The molecule has 0 saturated heterocycles. The maximum absolute atomic E-state index is 11.9. The van der Waals surface area contributed by atoms with Gasteiger partial charge < -0.3 is 4.74 Å². The Morgan fingerprint density at radius 2 is 0.885 bits per heavy atom. The lowest BCUT2D eigenvalue weighted by atomic mass is 10.0. The fourth-order valence-electron chi connectivity index (χ4n) is 3.34. The molecule has 0 atom stereocenters. The van der Waals surface area contributed by atoms with Gasteiger partial charge in [-0.25, -0.2) is 0 Å². The number of carbonyl (C=O) groups excluding carboxylic acids is 2. The molecular weight excluding hydrogens is 324 g/mol. The third-order valence-corrected chi connectivity index (χ3v) is 5.12. The van der Waals surface area contributed by atoms with Gasteiger partial charge in [0.2, 0.25) is 0 Å². The van der Waals surface area contributed by atoms with E-state index in [-0.39, 0.29) is 5.97 Å². The third kappa shape index (κ3) is 19.5. The molecule has 0 amide bonds. The Balaban J connectivity index is 3.19. The van der Waals surface area contributed by atoms with Crippen LogP contribution in [-0.2, 0) is 14.3 Å². The SMILES string of the molecule is CCCCCCCCCCCCC(=O)CCCCCCCCC(=O)OC. The molecule has 26 heavy (non-hydrogen) atoms. The van der Waals surface area contributed by atoms with Crippen LogP contribution in [0.15, 0.2) is 0 Å². The van der Waals surface area contributed by atoms with E-state index >= 15 is 0 Å². The maximum Gasteiger partial charge on any atom is 0.305 e. The fraction of sp³-hybridized carbons (Fsp3) is 0.913. The van der Waals surface area contributed by atoms with Crippen molar-refractivity contribution in [3.05, 3.63) is 0 Å². The van der Waals surface area contributed by atoms with Crippen molar-refractivity contribution in [2.24, 2.45) is 0 Å². The van der Waals surface area contributed by atoms with Gasteiger partial charge >= 0.3 is 5.97 Å². The number of esters is 1. The first-order chi connectivity index (χ1) is 12.7. The van der Waals surface area contributed by atoms with Crippen LogP contribution < -0.4 is 0 Å². The molecular formula is C23H44O3. The quantitative estimate of drug-likeness (QED) is 0.169. The molecule has 0 saturated carbocycles. The Bertz CT molecular complexity index is 325. The van der Waals surface area contributed by atoms with Gasteiger partial charge in [0.25, 0.3) is 0 Å². The first-order valence-electron chi connectivity index (χ1n) is 11.3. The largest absolute Gasteiger partial charge is 0.469 e. The zero-order valence-electron chi connectivity index (χ0n) is 17.7. The van der Waals surface area contributed by atoms with Crippen LogP contribution in [0.4, 0.5) is 0 Å². The minimum Gasteiger partial charge on any atom is -0.469 e. The Kier molecular flexibility index (Phi) is 19.8. The Hall–Kier alpha value is -0.860. The monoisotopic (exact) mass is 368 g/mol. The van der Waals surface area contributed by atoms with E-state index in [4.69, 9.17) is 0 Å². The second kappa shape index (κ2) is 20.5. The van der Waals surface area contributed by atoms with E-state index < -0.39 is 0 Å². The van der Waals surface area contributed by atoms with Gasteiger partial charge in [0, 0.05) is 19.3 Å². The van der Waals surface area contributed by atoms with Gasteiger partial charge in [-0.15, -0.1) is 0 Å². The van der Waals surface area contributed by atoms with E-state index in [1.807, 2.05) is 0 Å². The first-order valence-corrected chi connectivity index (χ1v) is 11.3. The molecule has 0 heterocycles. The molecule has 0 rings (SSSR count). The topological polar surface area (TPSA) is 43.4 Å². The minimum absolute atomic E-state index is 0.109. The van der Waals surface area contributed by atoms with E-state index in [1.54, 1.807) is 0 Å². The van der Waals surface area contributed by atoms with Crippen molar-refractivity contribution < 1.29 is 14.3 Å². The number of ketones is 1. The summed E-state index contributed by atoms with van der Waals surface area (Å²) in [7, 11) is 1.44. The van der Waals surface area contributed by atoms with Crippen molar-refractivity contribution in [1.82, 2.24) is 0 Å². The number of methoxy groups -OCH3 is 1. The van der Waals surface area contributed by atoms with Crippen molar-refractivity contribution in [3.63, 3.8) is 0 Å². The van der Waals surface area contributed by atoms with Gasteiger partial charge in [-0.2, -0.15) is 0 Å². The summed E-state index contributed by atoms with van der Waals surface area (Å²) in [4.78, 5) is 22.8. The lowest BCUT2D eigenvalue weighted by Crippen LogP contribution is -1.99. The van der Waals surface area contributed by atoms with Crippen molar-refractivity contribution in [2.75, 3.05) is 7.11 Å². The molecule has 0 aromatic carbocycles. The van der Waals surface area contributed by atoms with Crippen LogP contribution in [0.25, 0.3) is 0 Å². The van der Waals surface area contributed by atoms with E-state index in [9.17, 15) is 9.59 Å². The molecule has 0 radical (unpaired) electrons. The average Bonchev–Trinajstić information content (AvgIpc) is 2.65. The molecule has 0 aromatic rings. The smallest absolute Gasteiger partial charge is 0.305 e. The van der Waals surface area contributed by atoms with Gasteiger partial charge in [-0.05, 0) is 19.3 Å². The highest BCUT2D eigenvalue weighted by molar-refractivity contribution is 5.78. The molecule has 0 N–H and O–H groups in total. The molecule has 0 aliphatic carbocycles. The summed E-state index contributed by atoms with van der Waals surface area (Å²) >= 11 is 0. The van der Waals surface area contributed by atoms with Crippen LogP contribution in [0.5, 0.6) is 0 Å². The predicted octanol–water partition coefficient (Wildman–Crippen LogP) is 7.16. The number of hydrogen-bond acceptors (Lipinski definition) is 3. The second-order valence-electron chi connectivity index (χ2n) is 7.67. The van der Waals surface area contributed by atoms with E-state index in [1.165, 1.54) is 71.3 Å². The van der Waals surface area contributed by atoms with Crippen LogP contribution >= 0.6 is 0 Å². The highest BCUT2D eigenvalue weighted by atomic mass is 16.5. The van der Waals surface area contributed by atoms with Crippen molar-refractivity contribution in [1.29, 1.82) is 0 Å². The summed E-state index contributed by atoms with van der Waals surface area (Å²) in [6, 6.07) is 0. The molecule has 154 valence electrons. The van der Waals surface area contributed by atoms with E-state index in [0.717, 1.165) is 51.4 Å². The number of carbonyl (C=O) groups is 2. The van der Waals surface area contributed by atoms with Crippen LogP contribution in [0.3, 0.4) is 0 Å². The maximum atomic E-state index is 11.9. The molecule has 3 nitrogen and oxygen atoms in total. The zero-order chi connectivity index (χ0) is 19.3. The molecule has 0 unspecified atom stereocenters. The van der Waals surface area contributed by atoms with Gasteiger partial charge in [0.1, 0.15) is 5.78 Å². The van der Waals surface area contributed by atoms with Crippen molar-refractivity contribution in [3.8, 4) is 0 Å². The number of unbranched alkanes of at least 4 members (excludes halogenated alkanes) is 14. The Morgan fingerprint density at radius 1 is 0.538 bits per heavy atom.